The molecule has 0 radical (unpaired) electrons. The van der Waals surface area contributed by atoms with Crippen LogP contribution in [0.3, 0.4) is 0 Å². The van der Waals surface area contributed by atoms with Crippen LogP contribution in [0.1, 0.15) is 10.4 Å². The Labute approximate surface area is 112 Å². The van der Waals surface area contributed by atoms with E-state index in [0.717, 1.165) is 0 Å². The zero-order valence-corrected chi connectivity index (χ0v) is 11.7. The van der Waals surface area contributed by atoms with Gasteiger partial charge in [0, 0.05) is 7.11 Å². The summed E-state index contributed by atoms with van der Waals surface area (Å²) in [5.41, 5.74) is 0.318. The Morgan fingerprint density at radius 2 is 1.47 bits per heavy atom. The van der Waals surface area contributed by atoms with Gasteiger partial charge in [0.05, 0.1) is 34.0 Å². The fraction of sp³-hybridized carbons (Fsp3) is 0.462. The molecule has 0 spiro atoms. The van der Waals surface area contributed by atoms with Crippen molar-refractivity contribution in [3.63, 3.8) is 0 Å². The minimum absolute atomic E-state index is 0.0605. The number of hydrogen-bond acceptors (Lipinski definition) is 6. The Kier molecular flexibility index (Phi) is 5.44. The van der Waals surface area contributed by atoms with Gasteiger partial charge >= 0.3 is 0 Å². The third-order valence-corrected chi connectivity index (χ3v) is 2.56. The molecule has 0 aliphatic rings. The number of Topliss-reactive ketones (excluding diaryl/α,β-unsaturated/α-hetero) is 1. The predicted molar refractivity (Wildman–Crippen MR) is 68.9 cm³/mol. The van der Waals surface area contributed by atoms with Gasteiger partial charge < -0.3 is 23.7 Å². The average Bonchev–Trinajstić information content (AvgIpc) is 2.44. The van der Waals surface area contributed by atoms with Crippen molar-refractivity contribution in [1.82, 2.24) is 0 Å². The molecule has 0 aliphatic carbocycles. The summed E-state index contributed by atoms with van der Waals surface area (Å²) in [5.74, 6) is 1.13. The summed E-state index contributed by atoms with van der Waals surface area (Å²) in [4.78, 5) is 12.0. The van der Waals surface area contributed by atoms with Gasteiger partial charge in [0.15, 0.2) is 17.3 Å². The maximum atomic E-state index is 12.0. The molecule has 0 saturated heterocycles. The van der Waals surface area contributed by atoms with E-state index in [9.17, 15) is 4.79 Å². The van der Waals surface area contributed by atoms with Gasteiger partial charge in [-0.25, -0.2) is 0 Å². The molecule has 0 N–H and O–H groups in total. The van der Waals surface area contributed by atoms with Gasteiger partial charge in [0.1, 0.15) is 6.61 Å². The van der Waals surface area contributed by atoms with E-state index >= 15 is 0 Å². The fourth-order valence-electron chi connectivity index (χ4n) is 1.75. The molecule has 0 saturated carbocycles. The fourth-order valence-corrected chi connectivity index (χ4v) is 1.75. The summed E-state index contributed by atoms with van der Waals surface area (Å²) < 4.78 is 25.7. The second-order valence-electron chi connectivity index (χ2n) is 3.58. The predicted octanol–water partition coefficient (Wildman–Crippen LogP) is 1.55. The zero-order valence-electron chi connectivity index (χ0n) is 11.7. The first-order valence-corrected chi connectivity index (χ1v) is 5.53. The number of ether oxygens (including phenoxy) is 5. The molecule has 106 valence electrons. The highest BCUT2D eigenvalue weighted by molar-refractivity contribution is 6.01. The maximum Gasteiger partial charge on any atom is 0.208 e. The number of methoxy groups -OCH3 is 5. The van der Waals surface area contributed by atoms with Crippen LogP contribution in [-0.2, 0) is 4.74 Å². The Bertz CT molecular complexity index is 455. The number of hydrogen-bond donors (Lipinski definition) is 0. The molecule has 0 heterocycles. The highest BCUT2D eigenvalue weighted by Crippen LogP contribution is 2.46. The van der Waals surface area contributed by atoms with Gasteiger partial charge in [0.2, 0.25) is 11.5 Å². The van der Waals surface area contributed by atoms with Crippen LogP contribution in [-0.4, -0.2) is 47.9 Å². The van der Waals surface area contributed by atoms with Crippen LogP contribution in [0.25, 0.3) is 0 Å². The van der Waals surface area contributed by atoms with Gasteiger partial charge in [-0.15, -0.1) is 0 Å². The van der Waals surface area contributed by atoms with E-state index in [-0.39, 0.29) is 12.4 Å². The number of carbonyl (C=O) groups is 1. The van der Waals surface area contributed by atoms with Crippen molar-refractivity contribution in [2.45, 2.75) is 0 Å². The lowest BCUT2D eigenvalue weighted by Gasteiger charge is -2.17. The van der Waals surface area contributed by atoms with Crippen molar-refractivity contribution in [3.05, 3.63) is 11.6 Å². The van der Waals surface area contributed by atoms with Crippen molar-refractivity contribution >= 4 is 5.78 Å². The Balaban J connectivity index is 3.50. The number of rotatable bonds is 7. The zero-order chi connectivity index (χ0) is 14.4. The second-order valence-corrected chi connectivity index (χ2v) is 3.58. The lowest BCUT2D eigenvalue weighted by Crippen LogP contribution is -2.10. The van der Waals surface area contributed by atoms with Gasteiger partial charge in [-0.05, 0) is 6.07 Å². The third-order valence-electron chi connectivity index (χ3n) is 2.56. The molecule has 6 nitrogen and oxygen atoms in total. The second kappa shape index (κ2) is 6.84. The van der Waals surface area contributed by atoms with E-state index in [2.05, 4.69) is 0 Å². The molecule has 0 atom stereocenters. The van der Waals surface area contributed by atoms with Crippen LogP contribution in [0.2, 0.25) is 0 Å². The van der Waals surface area contributed by atoms with E-state index in [1.54, 1.807) is 6.07 Å². The van der Waals surface area contributed by atoms with Crippen molar-refractivity contribution < 1.29 is 28.5 Å². The van der Waals surface area contributed by atoms with Crippen molar-refractivity contribution in [2.75, 3.05) is 42.2 Å². The molecule has 0 amide bonds. The molecule has 0 unspecified atom stereocenters. The molecule has 1 aromatic rings. The van der Waals surface area contributed by atoms with E-state index in [0.29, 0.717) is 28.6 Å². The first kappa shape index (κ1) is 15.1. The largest absolute Gasteiger partial charge is 0.493 e. The number of benzene rings is 1. The SMILES string of the molecule is COCC(=O)c1cc(OC)c(OC)c(OC)c1OC. The normalized spacial score (nSPS) is 9.95. The molecular formula is C13H18O6. The van der Waals surface area contributed by atoms with Crippen LogP contribution in [0.5, 0.6) is 23.0 Å². The summed E-state index contributed by atoms with van der Waals surface area (Å²) in [7, 11) is 7.32. The standard InChI is InChI=1S/C13H18O6/c1-15-7-9(14)8-6-10(16-2)12(18-4)13(19-5)11(8)17-3/h6H,7H2,1-5H3. The average molecular weight is 270 g/mol. The number of ketones is 1. The van der Waals surface area contributed by atoms with Crippen LogP contribution in [0.15, 0.2) is 6.07 Å². The molecule has 6 heteroatoms. The van der Waals surface area contributed by atoms with Crippen molar-refractivity contribution in [1.29, 1.82) is 0 Å². The summed E-state index contributed by atoms with van der Waals surface area (Å²) in [6.45, 7) is -0.0605. The summed E-state index contributed by atoms with van der Waals surface area (Å²) in [5, 5.41) is 0. The minimum atomic E-state index is -0.237. The minimum Gasteiger partial charge on any atom is -0.493 e. The van der Waals surface area contributed by atoms with Crippen LogP contribution >= 0.6 is 0 Å². The molecule has 1 rings (SSSR count). The van der Waals surface area contributed by atoms with Crippen molar-refractivity contribution in [2.24, 2.45) is 0 Å². The van der Waals surface area contributed by atoms with E-state index in [4.69, 9.17) is 23.7 Å². The number of carbonyl (C=O) groups excluding carboxylic acids is 1. The molecule has 19 heavy (non-hydrogen) atoms. The summed E-state index contributed by atoms with van der Waals surface area (Å²) >= 11 is 0. The summed E-state index contributed by atoms with van der Waals surface area (Å²) in [6.07, 6.45) is 0. The molecule has 0 fully saturated rings. The Morgan fingerprint density at radius 1 is 0.895 bits per heavy atom. The lowest BCUT2D eigenvalue weighted by atomic mass is 10.1. The first-order valence-electron chi connectivity index (χ1n) is 5.53. The van der Waals surface area contributed by atoms with E-state index in [1.165, 1.54) is 35.5 Å². The first-order chi connectivity index (χ1) is 9.14. The third kappa shape index (κ3) is 2.90. The smallest absolute Gasteiger partial charge is 0.208 e. The molecular weight excluding hydrogens is 252 g/mol. The topological polar surface area (TPSA) is 63.2 Å². The monoisotopic (exact) mass is 270 g/mol. The van der Waals surface area contributed by atoms with Crippen LogP contribution < -0.4 is 18.9 Å². The van der Waals surface area contributed by atoms with Crippen LogP contribution in [0.4, 0.5) is 0 Å². The summed E-state index contributed by atoms with van der Waals surface area (Å²) in [6, 6.07) is 1.54. The van der Waals surface area contributed by atoms with Crippen LogP contribution in [0, 0.1) is 0 Å². The quantitative estimate of drug-likeness (QED) is 0.700. The molecule has 1 aromatic carbocycles. The van der Waals surface area contributed by atoms with Gasteiger partial charge in [-0.1, -0.05) is 0 Å². The van der Waals surface area contributed by atoms with Gasteiger partial charge in [0.25, 0.3) is 0 Å². The van der Waals surface area contributed by atoms with Gasteiger partial charge in [-0.2, -0.15) is 0 Å². The highest BCUT2D eigenvalue weighted by atomic mass is 16.5. The van der Waals surface area contributed by atoms with Gasteiger partial charge in [-0.3, -0.25) is 4.79 Å². The molecule has 0 aliphatic heterocycles. The lowest BCUT2D eigenvalue weighted by molar-refractivity contribution is 0.0844. The highest BCUT2D eigenvalue weighted by Gasteiger charge is 2.24. The molecule has 0 aromatic heterocycles. The van der Waals surface area contributed by atoms with E-state index in [1.807, 2.05) is 0 Å². The Hall–Kier alpha value is -1.95. The maximum absolute atomic E-state index is 12.0. The van der Waals surface area contributed by atoms with Crippen molar-refractivity contribution in [3.8, 4) is 23.0 Å². The van der Waals surface area contributed by atoms with E-state index < -0.39 is 0 Å². The molecule has 0 bridgehead atoms. The Morgan fingerprint density at radius 3 is 1.89 bits per heavy atom.